The van der Waals surface area contributed by atoms with Crippen LogP contribution in [0.1, 0.15) is 20.8 Å². The van der Waals surface area contributed by atoms with Gasteiger partial charge in [0, 0.05) is 0 Å². The number of allylic oxidation sites excluding steroid dienone is 4. The number of hydrogen-bond acceptors (Lipinski definition) is 0. The van der Waals surface area contributed by atoms with Gasteiger partial charge in [-0.1, -0.05) is 0 Å². The third kappa shape index (κ3) is 4.34. The zero-order valence-electron chi connectivity index (χ0n) is 7.29. The summed E-state index contributed by atoms with van der Waals surface area (Å²) in [6, 6.07) is 0. The van der Waals surface area contributed by atoms with E-state index in [-0.39, 0.29) is 37.2 Å². The van der Waals surface area contributed by atoms with Crippen LogP contribution in [-0.4, -0.2) is 0 Å². The van der Waals surface area contributed by atoms with Gasteiger partial charge in [-0.15, -0.1) is 0 Å². The molecule has 0 radical (unpaired) electrons. The summed E-state index contributed by atoms with van der Waals surface area (Å²) in [6.07, 6.45) is 4.56. The molecular formula is C8H11Cl3Ti. The Balaban J connectivity index is -0.000000270. The van der Waals surface area contributed by atoms with Crippen molar-refractivity contribution in [2.45, 2.75) is 24.5 Å². The van der Waals surface area contributed by atoms with Gasteiger partial charge >= 0.3 is 68.2 Å². The van der Waals surface area contributed by atoms with Gasteiger partial charge in [0.1, 0.15) is 0 Å². The van der Waals surface area contributed by atoms with Gasteiger partial charge in [0.15, 0.2) is 0 Å². The Bertz CT molecular complexity index is 194. The summed E-state index contributed by atoms with van der Waals surface area (Å²) in [5.41, 5.74) is 2.87. The molecule has 12 heavy (non-hydrogen) atoms. The minimum Gasteiger partial charge on any atom is -1.00 e. The molecule has 0 aromatic carbocycles. The van der Waals surface area contributed by atoms with Gasteiger partial charge in [-0.3, -0.25) is 0 Å². The number of rotatable bonds is 0. The fourth-order valence-electron chi connectivity index (χ4n) is 1.10. The molecule has 0 saturated carbocycles. The molecule has 0 bridgehead atoms. The molecule has 0 fully saturated rings. The van der Waals surface area contributed by atoms with Crippen LogP contribution in [0, 0.1) is 0 Å². The summed E-state index contributed by atoms with van der Waals surface area (Å²) >= 11 is 2.25. The topological polar surface area (TPSA) is 0 Å². The van der Waals surface area contributed by atoms with Gasteiger partial charge in [-0.2, -0.15) is 0 Å². The number of halogens is 3. The van der Waals surface area contributed by atoms with E-state index in [1.165, 1.54) is 11.1 Å². The second-order valence-corrected chi connectivity index (χ2v) is 4.54. The molecule has 1 aliphatic rings. The molecule has 0 amide bonds. The fraction of sp³-hybridized carbons (Fsp3) is 0.500. The van der Waals surface area contributed by atoms with Crippen molar-refractivity contribution in [3.8, 4) is 0 Å². The largest absolute Gasteiger partial charge is 1.00 e. The van der Waals surface area contributed by atoms with Crippen LogP contribution in [0.3, 0.4) is 0 Å². The molecule has 0 heterocycles. The van der Waals surface area contributed by atoms with Crippen LogP contribution in [0.4, 0.5) is 0 Å². The third-order valence-corrected chi connectivity index (χ3v) is 2.62. The standard InChI is InChI=1S/C8H11.3ClH.Ti/c1-6-4-7(2)8(3)5-6;;;;/h4-5H,1-3H3;3*1H;/q;;;;+3/p-3. The first-order chi connectivity index (χ1) is 4.02. The normalized spacial score (nSPS) is 25.8. The average molecular weight is 261 g/mol. The first-order valence-corrected chi connectivity index (χ1v) is 3.94. The summed E-state index contributed by atoms with van der Waals surface area (Å²) in [6.45, 7) is 6.58. The Labute approximate surface area is 105 Å². The third-order valence-electron chi connectivity index (χ3n) is 1.78. The summed E-state index contributed by atoms with van der Waals surface area (Å²) in [4.78, 5) is 0. The van der Waals surface area contributed by atoms with Gasteiger partial charge in [0.05, 0.1) is 0 Å². The Hall–Kier alpha value is 1.06. The number of hydrogen-bond donors (Lipinski definition) is 0. The molecule has 1 atom stereocenters. The summed E-state index contributed by atoms with van der Waals surface area (Å²) in [5.74, 6) is 0. The SMILES string of the molecule is CC1=C[C](C)([Ti+3])C(C)=C1.[Cl-].[Cl-].[Cl-]. The van der Waals surface area contributed by atoms with E-state index in [1.807, 2.05) is 0 Å². The van der Waals surface area contributed by atoms with Crippen LogP contribution in [0.2, 0.25) is 3.72 Å². The maximum atomic E-state index is 2.31. The predicted octanol–water partition coefficient (Wildman–Crippen LogP) is -6.37. The van der Waals surface area contributed by atoms with Crippen LogP contribution in [0.5, 0.6) is 0 Å². The van der Waals surface area contributed by atoms with Crippen LogP contribution in [0.25, 0.3) is 0 Å². The summed E-state index contributed by atoms with van der Waals surface area (Å²) in [7, 11) is 0. The fourth-order valence-corrected chi connectivity index (χ4v) is 1.57. The van der Waals surface area contributed by atoms with Crippen molar-refractivity contribution < 1.29 is 57.7 Å². The van der Waals surface area contributed by atoms with E-state index in [4.69, 9.17) is 0 Å². The van der Waals surface area contributed by atoms with Crippen molar-refractivity contribution in [1.82, 2.24) is 0 Å². The minimum absolute atomic E-state index is 0. The van der Waals surface area contributed by atoms with Gasteiger partial charge in [-0.05, 0) is 0 Å². The van der Waals surface area contributed by atoms with Crippen molar-refractivity contribution in [3.05, 3.63) is 23.3 Å². The molecule has 0 N–H and O–H groups in total. The minimum atomic E-state index is 0. The van der Waals surface area contributed by atoms with Gasteiger partial charge in [-0.25, -0.2) is 0 Å². The van der Waals surface area contributed by atoms with Crippen molar-refractivity contribution in [2.24, 2.45) is 0 Å². The zero-order valence-corrected chi connectivity index (χ0v) is 11.1. The molecule has 4 heteroatoms. The molecule has 0 aromatic rings. The molecule has 0 aromatic heterocycles. The smallest absolute Gasteiger partial charge is 1.00 e. The molecular weight excluding hydrogens is 250 g/mol. The molecule has 0 aliphatic heterocycles. The van der Waals surface area contributed by atoms with E-state index in [0.29, 0.717) is 3.72 Å². The van der Waals surface area contributed by atoms with Crippen LogP contribution in [-0.2, 0) is 20.4 Å². The van der Waals surface area contributed by atoms with Crippen molar-refractivity contribution >= 4 is 0 Å². The Morgan fingerprint density at radius 1 is 1.17 bits per heavy atom. The summed E-state index contributed by atoms with van der Waals surface area (Å²) in [5, 5.41) is 0. The van der Waals surface area contributed by atoms with Crippen LogP contribution < -0.4 is 37.2 Å². The van der Waals surface area contributed by atoms with E-state index in [2.05, 4.69) is 53.4 Å². The molecule has 68 valence electrons. The first-order valence-electron chi connectivity index (χ1n) is 3.15. The second kappa shape index (κ2) is 6.51. The molecule has 0 saturated heterocycles. The first kappa shape index (κ1) is 18.8. The molecule has 1 aliphatic carbocycles. The summed E-state index contributed by atoms with van der Waals surface area (Å²) < 4.78 is 0.323. The Morgan fingerprint density at radius 2 is 1.58 bits per heavy atom. The average Bonchev–Trinajstić information content (AvgIpc) is 1.79. The predicted molar refractivity (Wildman–Crippen MR) is 35.9 cm³/mol. The van der Waals surface area contributed by atoms with Gasteiger partial charge in [0.25, 0.3) is 0 Å². The van der Waals surface area contributed by atoms with E-state index < -0.39 is 0 Å². The second-order valence-electron chi connectivity index (χ2n) is 2.92. The van der Waals surface area contributed by atoms with E-state index >= 15 is 0 Å². The zero-order chi connectivity index (χ0) is 7.07. The van der Waals surface area contributed by atoms with E-state index in [1.54, 1.807) is 0 Å². The van der Waals surface area contributed by atoms with Gasteiger partial charge < -0.3 is 37.2 Å². The molecule has 0 spiro atoms. The molecule has 0 nitrogen and oxygen atoms in total. The van der Waals surface area contributed by atoms with Crippen molar-refractivity contribution in [2.75, 3.05) is 0 Å². The van der Waals surface area contributed by atoms with Crippen LogP contribution >= 0.6 is 0 Å². The maximum Gasteiger partial charge on any atom is -1.00 e. The maximum absolute atomic E-state index is 2.31. The van der Waals surface area contributed by atoms with E-state index in [0.717, 1.165) is 0 Å². The molecule has 1 rings (SSSR count). The van der Waals surface area contributed by atoms with Gasteiger partial charge in [0.2, 0.25) is 0 Å². The van der Waals surface area contributed by atoms with Crippen LogP contribution in [0.15, 0.2) is 23.3 Å². The Morgan fingerprint density at radius 3 is 1.67 bits per heavy atom. The monoisotopic (exact) mass is 260 g/mol. The quantitative estimate of drug-likeness (QED) is 0.381. The Kier molecular flexibility index (Phi) is 10.2. The van der Waals surface area contributed by atoms with E-state index in [9.17, 15) is 0 Å². The molecule has 1 unspecified atom stereocenters. The van der Waals surface area contributed by atoms with Crippen molar-refractivity contribution in [3.63, 3.8) is 0 Å². The van der Waals surface area contributed by atoms with Crippen molar-refractivity contribution in [1.29, 1.82) is 0 Å².